The molecule has 3 aromatic carbocycles. The zero-order chi connectivity index (χ0) is 37.5. The van der Waals surface area contributed by atoms with Crippen LogP contribution in [-0.2, 0) is 22.6 Å². The molecule has 0 spiro atoms. The van der Waals surface area contributed by atoms with E-state index in [1.807, 2.05) is 29.2 Å². The van der Waals surface area contributed by atoms with Crippen molar-refractivity contribution in [3.63, 3.8) is 0 Å². The van der Waals surface area contributed by atoms with Crippen LogP contribution >= 0.6 is 0 Å². The number of hydrogen-bond donors (Lipinski definition) is 3. The van der Waals surface area contributed by atoms with Crippen molar-refractivity contribution < 1.29 is 29.4 Å². The lowest BCUT2D eigenvalue weighted by Gasteiger charge is -2.38. The van der Waals surface area contributed by atoms with Crippen LogP contribution in [0, 0.1) is 0 Å². The predicted octanol–water partition coefficient (Wildman–Crippen LogP) is 4.35. The second-order valence-corrected chi connectivity index (χ2v) is 13.1. The molecule has 2 aliphatic rings. The van der Waals surface area contributed by atoms with Gasteiger partial charge in [0.15, 0.2) is 5.78 Å². The van der Waals surface area contributed by atoms with Crippen molar-refractivity contribution in [2.75, 3.05) is 25.0 Å². The quantitative estimate of drug-likeness (QED) is 0.227. The molecule has 2 aliphatic heterocycles. The maximum absolute atomic E-state index is 13.7. The van der Waals surface area contributed by atoms with Crippen molar-refractivity contribution in [2.24, 2.45) is 0 Å². The van der Waals surface area contributed by atoms with Gasteiger partial charge in [0.25, 0.3) is 11.5 Å². The third-order valence-corrected chi connectivity index (χ3v) is 9.25. The zero-order valence-corrected chi connectivity index (χ0v) is 29.4. The Kier molecular flexibility index (Phi) is 11.9. The number of carboxylic acid groups (broad SMARTS) is 1. The number of aromatic nitrogens is 2. The van der Waals surface area contributed by atoms with Crippen LogP contribution < -0.4 is 16.6 Å². The van der Waals surface area contributed by atoms with Crippen LogP contribution in [0.2, 0.25) is 0 Å². The van der Waals surface area contributed by atoms with E-state index in [9.17, 15) is 29.1 Å². The number of rotatable bonds is 8. The van der Waals surface area contributed by atoms with Crippen LogP contribution in [0.4, 0.5) is 10.5 Å². The van der Waals surface area contributed by atoms with Crippen LogP contribution in [0.1, 0.15) is 67.2 Å². The van der Waals surface area contributed by atoms with Gasteiger partial charge in [0.1, 0.15) is 12.6 Å². The second kappa shape index (κ2) is 16.5. The number of carbonyl (C=O) groups excluding carboxylic acids is 3. The van der Waals surface area contributed by atoms with Crippen molar-refractivity contribution in [3.8, 4) is 11.1 Å². The van der Waals surface area contributed by atoms with Crippen LogP contribution in [0.5, 0.6) is 0 Å². The number of carboxylic acids is 1. The molecular formula is C39H43N5O8. The molecule has 13 heteroatoms. The fraction of sp³-hybridized carbons (Fsp3) is 0.333. The summed E-state index contributed by atoms with van der Waals surface area (Å²) in [5.41, 5.74) is 1.57. The Labute approximate surface area is 300 Å². The molecule has 0 bridgehead atoms. The fourth-order valence-corrected chi connectivity index (χ4v) is 6.65. The van der Waals surface area contributed by atoms with E-state index in [0.29, 0.717) is 38.0 Å². The number of aliphatic hydroxyl groups excluding tert-OH is 1. The lowest BCUT2D eigenvalue weighted by atomic mass is 9.93. The highest BCUT2D eigenvalue weighted by Crippen LogP contribution is 2.27. The number of benzene rings is 3. The maximum atomic E-state index is 13.7. The summed E-state index contributed by atoms with van der Waals surface area (Å²) in [6.07, 6.45) is 1.82. The van der Waals surface area contributed by atoms with E-state index in [1.165, 1.54) is 16.8 Å². The Balaban J connectivity index is 0.00000124. The molecule has 1 atom stereocenters. The van der Waals surface area contributed by atoms with Gasteiger partial charge in [-0.2, -0.15) is 0 Å². The number of urea groups is 1. The van der Waals surface area contributed by atoms with E-state index in [1.54, 1.807) is 67.3 Å². The average Bonchev–Trinajstić information content (AvgIpc) is 3.30. The Hall–Kier alpha value is -5.82. The van der Waals surface area contributed by atoms with Gasteiger partial charge in [-0.3, -0.25) is 28.3 Å². The number of nitrogens with one attached hydrogen (secondary N) is 1. The van der Waals surface area contributed by atoms with Crippen molar-refractivity contribution in [1.29, 1.82) is 0 Å². The number of aliphatic carboxylic acids is 1. The molecule has 272 valence electrons. The molecule has 0 aliphatic carbocycles. The summed E-state index contributed by atoms with van der Waals surface area (Å²) in [5, 5.41) is 21.3. The molecule has 3 N–H and O–H groups in total. The summed E-state index contributed by atoms with van der Waals surface area (Å²) in [4.78, 5) is 80.0. The lowest BCUT2D eigenvalue weighted by molar-refractivity contribution is -0.135. The Morgan fingerprint density at radius 2 is 1.46 bits per heavy atom. The summed E-state index contributed by atoms with van der Waals surface area (Å²) in [7, 11) is 0. The average molecular weight is 710 g/mol. The van der Waals surface area contributed by atoms with Gasteiger partial charge in [0.2, 0.25) is 5.91 Å². The molecule has 1 unspecified atom stereocenters. The number of Topliss-reactive ketones (excluding diaryl/α,β-unsaturated/α-hetero) is 1. The van der Waals surface area contributed by atoms with Gasteiger partial charge in [-0.1, -0.05) is 72.8 Å². The summed E-state index contributed by atoms with van der Waals surface area (Å²) >= 11 is 0. The van der Waals surface area contributed by atoms with Gasteiger partial charge in [-0.05, 0) is 55.9 Å². The van der Waals surface area contributed by atoms with E-state index in [-0.39, 0.29) is 41.2 Å². The first kappa shape index (κ1) is 37.4. The first-order valence-electron chi connectivity index (χ1n) is 17.2. The number of nitrogens with zero attached hydrogens (tertiary/aromatic N) is 4. The number of hydrogen-bond acceptors (Lipinski definition) is 7. The third kappa shape index (κ3) is 8.37. The number of ketones is 1. The van der Waals surface area contributed by atoms with Gasteiger partial charge in [-0.25, -0.2) is 9.59 Å². The lowest BCUT2D eigenvalue weighted by Crippen LogP contribution is -2.51. The largest absolute Gasteiger partial charge is 0.481 e. The van der Waals surface area contributed by atoms with E-state index in [4.69, 9.17) is 9.90 Å². The van der Waals surface area contributed by atoms with Gasteiger partial charge in [0, 0.05) is 56.1 Å². The van der Waals surface area contributed by atoms with Crippen LogP contribution in [0.15, 0.2) is 94.6 Å². The SMILES string of the molecule is CC(=O)O.CC(C)n1c(=O)c(-c2ccccc2C(=O)C(O)c2ccccc2)cn(CC(=O)N2CCC(N3CCc4ccccc4NC3=O)CC2)c1=O. The highest BCUT2D eigenvalue weighted by molar-refractivity contribution is 6.05. The van der Waals surface area contributed by atoms with Crippen molar-refractivity contribution in [1.82, 2.24) is 18.9 Å². The normalized spacial score (nSPS) is 15.1. The number of amides is 3. The minimum Gasteiger partial charge on any atom is -0.481 e. The molecule has 0 radical (unpaired) electrons. The highest BCUT2D eigenvalue weighted by Gasteiger charge is 2.32. The molecule has 0 saturated carbocycles. The monoisotopic (exact) mass is 709 g/mol. The van der Waals surface area contributed by atoms with E-state index in [0.717, 1.165) is 29.2 Å². The molecule has 13 nitrogen and oxygen atoms in total. The Bertz CT molecular complexity index is 2060. The molecule has 6 rings (SSSR count). The number of likely N-dealkylation sites (tertiary alicyclic amines) is 1. The standard InChI is InChI=1S/C37H39N5O6.C2H4O2/c1-24(2)42-35(46)30(28-13-7-8-14-29(28)34(45)33(44)26-11-4-3-5-12-26)22-40(37(42)48)23-32(43)39-19-17-27(18-20-39)41-21-16-25-10-6-9-15-31(25)38-36(41)47;1-2(3)4/h3-15,22,24,27,33,44H,16-21,23H2,1-2H3,(H,38,47);1H3,(H,3,4). The van der Waals surface area contributed by atoms with Crippen molar-refractivity contribution >= 4 is 29.4 Å². The fourth-order valence-electron chi connectivity index (χ4n) is 6.65. The summed E-state index contributed by atoms with van der Waals surface area (Å²) in [6, 6.07) is 22.1. The third-order valence-electron chi connectivity index (χ3n) is 9.25. The van der Waals surface area contributed by atoms with Crippen LogP contribution in [0.25, 0.3) is 11.1 Å². The Morgan fingerprint density at radius 3 is 2.13 bits per heavy atom. The van der Waals surface area contributed by atoms with Crippen molar-refractivity contribution in [2.45, 2.75) is 64.8 Å². The zero-order valence-electron chi connectivity index (χ0n) is 29.4. The summed E-state index contributed by atoms with van der Waals surface area (Å²) in [5.74, 6) is -1.71. The molecule has 3 amide bonds. The first-order chi connectivity index (χ1) is 24.9. The number of aliphatic hydroxyl groups is 1. The molecule has 1 fully saturated rings. The minimum atomic E-state index is -1.45. The predicted molar refractivity (Wildman–Crippen MR) is 195 cm³/mol. The molecule has 1 saturated heterocycles. The topological polar surface area (TPSA) is 171 Å². The molecule has 3 heterocycles. The van der Waals surface area contributed by atoms with Gasteiger partial charge in [0.05, 0.1) is 5.56 Å². The maximum Gasteiger partial charge on any atom is 0.331 e. The van der Waals surface area contributed by atoms with Gasteiger partial charge < -0.3 is 25.3 Å². The van der Waals surface area contributed by atoms with E-state index < -0.39 is 35.1 Å². The smallest absolute Gasteiger partial charge is 0.331 e. The number of para-hydroxylation sites is 1. The van der Waals surface area contributed by atoms with E-state index in [2.05, 4.69) is 5.32 Å². The summed E-state index contributed by atoms with van der Waals surface area (Å²) < 4.78 is 2.30. The molecule has 52 heavy (non-hydrogen) atoms. The molecule has 4 aromatic rings. The van der Waals surface area contributed by atoms with Gasteiger partial charge >= 0.3 is 11.7 Å². The second-order valence-electron chi connectivity index (χ2n) is 13.1. The minimum absolute atomic E-state index is 0.0270. The molecule has 1 aromatic heterocycles. The van der Waals surface area contributed by atoms with E-state index >= 15 is 0 Å². The molecular weight excluding hydrogens is 666 g/mol. The first-order valence-corrected chi connectivity index (χ1v) is 17.2. The number of anilines is 1. The van der Waals surface area contributed by atoms with Crippen LogP contribution in [0.3, 0.4) is 0 Å². The summed E-state index contributed by atoms with van der Waals surface area (Å²) in [6.45, 7) is 5.61. The van der Waals surface area contributed by atoms with Crippen LogP contribution in [-0.4, -0.2) is 78.5 Å². The Morgan fingerprint density at radius 1 is 0.846 bits per heavy atom. The number of fused-ring (bicyclic) bond motifs is 1. The van der Waals surface area contributed by atoms with Crippen molar-refractivity contribution in [3.05, 3.63) is 123 Å². The number of carbonyl (C=O) groups is 4. The van der Waals surface area contributed by atoms with Gasteiger partial charge in [-0.15, -0.1) is 0 Å². The number of piperidine rings is 1. The highest BCUT2D eigenvalue weighted by atomic mass is 16.4.